The van der Waals surface area contributed by atoms with E-state index in [1.807, 2.05) is 41.8 Å². The van der Waals surface area contributed by atoms with Gasteiger partial charge in [0.1, 0.15) is 4.34 Å². The number of ether oxygens (including phenoxy) is 1. The fourth-order valence-electron chi connectivity index (χ4n) is 2.37. The van der Waals surface area contributed by atoms with Crippen LogP contribution < -0.4 is 5.32 Å². The third-order valence-electron chi connectivity index (χ3n) is 3.43. The Labute approximate surface area is 132 Å². The molecule has 1 aromatic carbocycles. The van der Waals surface area contributed by atoms with Gasteiger partial charge in [-0.15, -0.1) is 11.3 Å². The van der Waals surface area contributed by atoms with E-state index in [9.17, 15) is 4.79 Å². The van der Waals surface area contributed by atoms with E-state index in [-0.39, 0.29) is 12.1 Å². The predicted octanol–water partition coefficient (Wildman–Crippen LogP) is 4.01. The van der Waals surface area contributed by atoms with Crippen molar-refractivity contribution in [3.05, 3.63) is 51.7 Å². The van der Waals surface area contributed by atoms with E-state index in [0.717, 1.165) is 5.56 Å². The molecule has 1 saturated heterocycles. The minimum absolute atomic E-state index is 0.0719. The smallest absolute Gasteiger partial charge is 0.322 e. The Bertz CT molecular complexity index is 617. The summed E-state index contributed by atoms with van der Waals surface area (Å²) in [6.07, 6.45) is 0. The number of rotatable bonds is 2. The van der Waals surface area contributed by atoms with Crippen LogP contribution in [0.15, 0.2) is 41.8 Å². The van der Waals surface area contributed by atoms with Crippen LogP contribution in [0.5, 0.6) is 0 Å². The third kappa shape index (κ3) is 3.20. The summed E-state index contributed by atoms with van der Waals surface area (Å²) in [6, 6.07) is 11.5. The molecule has 1 aliphatic rings. The minimum atomic E-state index is -0.146. The van der Waals surface area contributed by atoms with Gasteiger partial charge in [0.15, 0.2) is 0 Å². The Morgan fingerprint density at radius 1 is 1.33 bits per heavy atom. The highest BCUT2D eigenvalue weighted by Gasteiger charge is 2.28. The average Bonchev–Trinajstić information content (AvgIpc) is 2.93. The third-order valence-corrected chi connectivity index (χ3v) is 4.60. The first kappa shape index (κ1) is 14.4. The first-order valence-electron chi connectivity index (χ1n) is 6.69. The number of carbonyl (C=O) groups is 1. The molecular weight excluding hydrogens is 308 g/mol. The number of nitrogens with zero attached hydrogens (tertiary/aromatic N) is 1. The summed E-state index contributed by atoms with van der Waals surface area (Å²) >= 11 is 7.43. The molecule has 0 saturated carbocycles. The lowest BCUT2D eigenvalue weighted by atomic mass is 10.1. The Morgan fingerprint density at radius 2 is 2.14 bits per heavy atom. The van der Waals surface area contributed by atoms with E-state index < -0.39 is 0 Å². The number of thiophene rings is 1. The lowest BCUT2D eigenvalue weighted by Gasteiger charge is -2.35. The monoisotopic (exact) mass is 322 g/mol. The van der Waals surface area contributed by atoms with Crippen molar-refractivity contribution in [2.24, 2.45) is 0 Å². The van der Waals surface area contributed by atoms with Crippen molar-refractivity contribution >= 4 is 34.7 Å². The molecule has 1 aromatic heterocycles. The summed E-state index contributed by atoms with van der Waals surface area (Å²) < 4.78 is 6.12. The molecule has 0 unspecified atom stereocenters. The highest BCUT2D eigenvalue weighted by atomic mass is 35.5. The van der Waals surface area contributed by atoms with Crippen LogP contribution in [0.25, 0.3) is 0 Å². The Hall–Kier alpha value is -1.56. The summed E-state index contributed by atoms with van der Waals surface area (Å²) in [5.74, 6) is 0. The Kier molecular flexibility index (Phi) is 4.43. The zero-order valence-electron chi connectivity index (χ0n) is 11.3. The maximum absolute atomic E-state index is 12.5. The van der Waals surface area contributed by atoms with Gasteiger partial charge in [0.25, 0.3) is 0 Å². The number of benzene rings is 1. The number of morpholine rings is 1. The van der Waals surface area contributed by atoms with Crippen molar-refractivity contribution in [2.75, 3.05) is 25.1 Å². The quantitative estimate of drug-likeness (QED) is 0.907. The SMILES string of the molecule is O=C(Nc1ccsc1Cl)N1CCOC[C@H]1c1ccccc1. The lowest BCUT2D eigenvalue weighted by molar-refractivity contribution is 0.0148. The second-order valence-electron chi connectivity index (χ2n) is 4.73. The van der Waals surface area contributed by atoms with Gasteiger partial charge in [-0.2, -0.15) is 0 Å². The molecule has 3 rings (SSSR count). The molecule has 1 aliphatic heterocycles. The van der Waals surface area contributed by atoms with Crippen LogP contribution in [-0.2, 0) is 4.74 Å². The fraction of sp³-hybridized carbons (Fsp3) is 0.267. The first-order valence-corrected chi connectivity index (χ1v) is 7.95. The van der Waals surface area contributed by atoms with Crippen LogP contribution in [0.4, 0.5) is 10.5 Å². The number of anilines is 1. The van der Waals surface area contributed by atoms with E-state index in [4.69, 9.17) is 16.3 Å². The maximum Gasteiger partial charge on any atom is 0.322 e. The highest BCUT2D eigenvalue weighted by Crippen LogP contribution is 2.29. The summed E-state index contributed by atoms with van der Waals surface area (Å²) in [7, 11) is 0. The minimum Gasteiger partial charge on any atom is -0.377 e. The zero-order chi connectivity index (χ0) is 14.7. The van der Waals surface area contributed by atoms with Crippen molar-refractivity contribution < 1.29 is 9.53 Å². The van der Waals surface area contributed by atoms with Gasteiger partial charge in [-0.3, -0.25) is 0 Å². The molecule has 21 heavy (non-hydrogen) atoms. The average molecular weight is 323 g/mol. The van der Waals surface area contributed by atoms with Crippen molar-refractivity contribution in [2.45, 2.75) is 6.04 Å². The molecule has 0 spiro atoms. The van der Waals surface area contributed by atoms with Gasteiger partial charge in [-0.1, -0.05) is 41.9 Å². The molecule has 2 amide bonds. The van der Waals surface area contributed by atoms with E-state index in [1.165, 1.54) is 11.3 Å². The summed E-state index contributed by atoms with van der Waals surface area (Å²) in [4.78, 5) is 14.3. The van der Waals surface area contributed by atoms with E-state index in [2.05, 4.69) is 5.32 Å². The molecular formula is C15H15ClN2O2S. The molecule has 1 fully saturated rings. The second kappa shape index (κ2) is 6.47. The molecule has 2 aromatic rings. The normalized spacial score (nSPS) is 18.5. The zero-order valence-corrected chi connectivity index (χ0v) is 12.9. The molecule has 6 heteroatoms. The maximum atomic E-state index is 12.5. The van der Waals surface area contributed by atoms with Crippen LogP contribution in [-0.4, -0.2) is 30.7 Å². The molecule has 1 atom stereocenters. The van der Waals surface area contributed by atoms with Crippen LogP contribution in [0.2, 0.25) is 4.34 Å². The predicted molar refractivity (Wildman–Crippen MR) is 85.1 cm³/mol. The molecule has 0 bridgehead atoms. The van der Waals surface area contributed by atoms with Crippen LogP contribution in [0.1, 0.15) is 11.6 Å². The molecule has 0 aliphatic carbocycles. The molecule has 110 valence electrons. The molecule has 2 heterocycles. The summed E-state index contributed by atoms with van der Waals surface area (Å²) in [6.45, 7) is 1.62. The number of hydrogen-bond acceptors (Lipinski definition) is 3. The van der Waals surface area contributed by atoms with Crippen LogP contribution in [0.3, 0.4) is 0 Å². The number of halogens is 1. The molecule has 4 nitrogen and oxygen atoms in total. The second-order valence-corrected chi connectivity index (χ2v) is 6.25. The van der Waals surface area contributed by atoms with Gasteiger partial charge in [-0.05, 0) is 17.0 Å². The van der Waals surface area contributed by atoms with Gasteiger partial charge in [0.05, 0.1) is 24.9 Å². The molecule has 0 radical (unpaired) electrons. The van der Waals surface area contributed by atoms with Crippen molar-refractivity contribution in [3.8, 4) is 0 Å². The van der Waals surface area contributed by atoms with E-state index in [1.54, 1.807) is 4.90 Å². The Morgan fingerprint density at radius 3 is 2.86 bits per heavy atom. The van der Waals surface area contributed by atoms with Gasteiger partial charge < -0.3 is 15.0 Å². The van der Waals surface area contributed by atoms with Crippen molar-refractivity contribution in [1.82, 2.24) is 4.90 Å². The highest BCUT2D eigenvalue weighted by molar-refractivity contribution is 7.15. The van der Waals surface area contributed by atoms with Gasteiger partial charge in [0, 0.05) is 6.54 Å². The number of urea groups is 1. The first-order chi connectivity index (χ1) is 10.3. The number of amides is 2. The topological polar surface area (TPSA) is 41.6 Å². The van der Waals surface area contributed by atoms with Crippen molar-refractivity contribution in [1.29, 1.82) is 0 Å². The van der Waals surface area contributed by atoms with Gasteiger partial charge in [0.2, 0.25) is 0 Å². The van der Waals surface area contributed by atoms with E-state index >= 15 is 0 Å². The van der Waals surface area contributed by atoms with Crippen molar-refractivity contribution in [3.63, 3.8) is 0 Å². The fourth-order valence-corrected chi connectivity index (χ4v) is 3.20. The van der Waals surface area contributed by atoms with Crippen LogP contribution >= 0.6 is 22.9 Å². The lowest BCUT2D eigenvalue weighted by Crippen LogP contribution is -2.45. The summed E-state index contributed by atoms with van der Waals surface area (Å²) in [5, 5.41) is 4.72. The molecule has 1 N–H and O–H groups in total. The number of hydrogen-bond donors (Lipinski definition) is 1. The number of nitrogens with one attached hydrogen (secondary N) is 1. The summed E-state index contributed by atoms with van der Waals surface area (Å²) in [5.41, 5.74) is 1.73. The Balaban J connectivity index is 1.78. The number of carbonyl (C=O) groups excluding carboxylic acids is 1. The van der Waals surface area contributed by atoms with E-state index in [0.29, 0.717) is 29.8 Å². The van der Waals surface area contributed by atoms with Gasteiger partial charge in [-0.25, -0.2) is 4.79 Å². The standard InChI is InChI=1S/C15H15ClN2O2S/c16-14-12(6-9-21-14)17-15(19)18-7-8-20-10-13(18)11-4-2-1-3-5-11/h1-6,9,13H,7-8,10H2,(H,17,19)/t13-/m0/s1. The largest absolute Gasteiger partial charge is 0.377 e. The van der Waals surface area contributed by atoms with Gasteiger partial charge >= 0.3 is 6.03 Å². The van der Waals surface area contributed by atoms with Crippen LogP contribution in [0, 0.1) is 0 Å².